The lowest BCUT2D eigenvalue weighted by atomic mass is 10.0. The number of rotatable bonds is 11. The molecule has 186 valence electrons. The first kappa shape index (κ1) is 26.7. The Morgan fingerprint density at radius 3 is 2.20 bits per heavy atom. The standard InChI is InChI=1S/C27H31ClN2O4S/c1-4-20-13-10-14-21(5-2)26(20)29-27(31)23(17-19-11-8-7-9-12-19)30-35(32,33)25-18-22(28)15-16-24(25)34-6-3/h7-16,18,23,30H,4-6,17H2,1-3H3,(H,29,31). The van der Waals surface area contributed by atoms with E-state index in [2.05, 4.69) is 10.0 Å². The van der Waals surface area contributed by atoms with Crippen molar-refractivity contribution in [1.29, 1.82) is 0 Å². The normalized spacial score (nSPS) is 12.2. The fraction of sp³-hybridized carbons (Fsp3) is 0.296. The molecule has 0 aliphatic heterocycles. The summed E-state index contributed by atoms with van der Waals surface area (Å²) in [5.74, 6) is -0.263. The van der Waals surface area contributed by atoms with Gasteiger partial charge in [-0.2, -0.15) is 4.72 Å². The summed E-state index contributed by atoms with van der Waals surface area (Å²) in [4.78, 5) is 13.4. The van der Waals surface area contributed by atoms with Gasteiger partial charge in [-0.1, -0.05) is 74.0 Å². The largest absolute Gasteiger partial charge is 0.492 e. The van der Waals surface area contributed by atoms with Gasteiger partial charge in [-0.05, 0) is 61.1 Å². The highest BCUT2D eigenvalue weighted by molar-refractivity contribution is 7.89. The van der Waals surface area contributed by atoms with Gasteiger partial charge in [0.15, 0.2) is 0 Å². The van der Waals surface area contributed by atoms with E-state index in [1.165, 1.54) is 12.1 Å². The van der Waals surface area contributed by atoms with Gasteiger partial charge in [0.05, 0.1) is 6.61 Å². The fourth-order valence-corrected chi connectivity index (χ4v) is 5.47. The molecule has 35 heavy (non-hydrogen) atoms. The monoisotopic (exact) mass is 514 g/mol. The molecule has 0 aromatic heterocycles. The molecule has 0 aliphatic carbocycles. The summed E-state index contributed by atoms with van der Waals surface area (Å²) in [6, 6.07) is 18.5. The maximum absolute atomic E-state index is 13.5. The number of benzene rings is 3. The second-order valence-corrected chi connectivity index (χ2v) is 10.2. The van der Waals surface area contributed by atoms with Crippen LogP contribution in [0.1, 0.15) is 37.5 Å². The van der Waals surface area contributed by atoms with Gasteiger partial charge in [0.25, 0.3) is 0 Å². The third-order valence-electron chi connectivity index (χ3n) is 5.64. The van der Waals surface area contributed by atoms with Crippen LogP contribution >= 0.6 is 11.6 Å². The average molecular weight is 515 g/mol. The first-order valence-electron chi connectivity index (χ1n) is 11.7. The SMILES string of the molecule is CCOc1ccc(Cl)cc1S(=O)(=O)NC(Cc1ccccc1)C(=O)Nc1c(CC)cccc1CC. The van der Waals surface area contributed by atoms with E-state index in [0.717, 1.165) is 35.2 Å². The van der Waals surface area contributed by atoms with E-state index in [1.54, 1.807) is 13.0 Å². The number of hydrogen-bond acceptors (Lipinski definition) is 4. The minimum Gasteiger partial charge on any atom is -0.492 e. The van der Waals surface area contributed by atoms with Gasteiger partial charge in [-0.15, -0.1) is 0 Å². The number of carbonyl (C=O) groups is 1. The lowest BCUT2D eigenvalue weighted by Crippen LogP contribution is -2.45. The Bertz CT molecular complexity index is 1240. The number of anilines is 1. The van der Waals surface area contributed by atoms with E-state index in [0.29, 0.717) is 0 Å². The molecule has 0 bridgehead atoms. The first-order valence-corrected chi connectivity index (χ1v) is 13.5. The van der Waals surface area contributed by atoms with E-state index in [-0.39, 0.29) is 28.7 Å². The molecule has 2 N–H and O–H groups in total. The van der Waals surface area contributed by atoms with Gasteiger partial charge < -0.3 is 10.1 Å². The number of para-hydroxylation sites is 1. The van der Waals surface area contributed by atoms with Crippen molar-refractivity contribution in [3.05, 3.63) is 88.4 Å². The molecule has 0 radical (unpaired) electrons. The molecule has 3 aromatic carbocycles. The van der Waals surface area contributed by atoms with Gasteiger partial charge in [-0.25, -0.2) is 8.42 Å². The number of sulfonamides is 1. The van der Waals surface area contributed by atoms with Crippen molar-refractivity contribution in [2.24, 2.45) is 0 Å². The highest BCUT2D eigenvalue weighted by atomic mass is 35.5. The van der Waals surface area contributed by atoms with Gasteiger partial charge in [0.2, 0.25) is 15.9 Å². The zero-order chi connectivity index (χ0) is 25.4. The summed E-state index contributed by atoms with van der Waals surface area (Å²) in [5, 5.41) is 3.26. The third kappa shape index (κ3) is 6.84. The van der Waals surface area contributed by atoms with Crippen molar-refractivity contribution in [2.75, 3.05) is 11.9 Å². The summed E-state index contributed by atoms with van der Waals surface area (Å²) in [6.07, 6.45) is 1.64. The molecular formula is C27H31ClN2O4S. The number of aryl methyl sites for hydroxylation is 2. The molecule has 0 aliphatic rings. The second-order valence-electron chi connectivity index (χ2n) is 8.04. The van der Waals surface area contributed by atoms with Crippen LogP contribution in [0, 0.1) is 0 Å². The van der Waals surface area contributed by atoms with E-state index in [9.17, 15) is 13.2 Å². The first-order chi connectivity index (χ1) is 16.8. The highest BCUT2D eigenvalue weighted by Gasteiger charge is 2.29. The van der Waals surface area contributed by atoms with Crippen molar-refractivity contribution in [3.63, 3.8) is 0 Å². The number of amides is 1. The predicted octanol–water partition coefficient (Wildman–Crippen LogP) is 5.39. The van der Waals surface area contributed by atoms with E-state index < -0.39 is 22.0 Å². The Balaban J connectivity index is 1.98. The minimum atomic E-state index is -4.14. The number of halogens is 1. The van der Waals surface area contributed by atoms with Crippen LogP contribution in [0.4, 0.5) is 5.69 Å². The zero-order valence-corrected chi connectivity index (χ0v) is 21.7. The van der Waals surface area contributed by atoms with Crippen LogP contribution in [0.5, 0.6) is 5.75 Å². The Morgan fingerprint density at radius 1 is 0.943 bits per heavy atom. The van der Waals surface area contributed by atoms with Crippen LogP contribution < -0.4 is 14.8 Å². The van der Waals surface area contributed by atoms with E-state index in [1.807, 2.05) is 62.4 Å². The minimum absolute atomic E-state index is 0.110. The third-order valence-corrected chi connectivity index (χ3v) is 7.37. The molecule has 0 heterocycles. The van der Waals surface area contributed by atoms with Crippen LogP contribution in [0.25, 0.3) is 0 Å². The van der Waals surface area contributed by atoms with Crippen molar-refractivity contribution in [1.82, 2.24) is 4.72 Å². The quantitative estimate of drug-likeness (QED) is 0.359. The Kier molecular flexibility index (Phi) is 9.32. The zero-order valence-electron chi connectivity index (χ0n) is 20.2. The van der Waals surface area contributed by atoms with Crippen LogP contribution in [0.15, 0.2) is 71.6 Å². The fourth-order valence-electron chi connectivity index (χ4n) is 3.87. The smallest absolute Gasteiger partial charge is 0.245 e. The molecule has 1 unspecified atom stereocenters. The van der Waals surface area contributed by atoms with Gasteiger partial charge >= 0.3 is 0 Å². The number of ether oxygens (including phenoxy) is 1. The van der Waals surface area contributed by atoms with E-state index in [4.69, 9.17) is 16.3 Å². The van der Waals surface area contributed by atoms with Crippen LogP contribution in [0.3, 0.4) is 0 Å². The average Bonchev–Trinajstić information content (AvgIpc) is 2.85. The lowest BCUT2D eigenvalue weighted by molar-refractivity contribution is -0.117. The molecule has 0 saturated heterocycles. The molecule has 0 spiro atoms. The topological polar surface area (TPSA) is 84.5 Å². The summed E-state index contributed by atoms with van der Waals surface area (Å²) < 4.78 is 35.0. The number of hydrogen-bond donors (Lipinski definition) is 2. The second kappa shape index (κ2) is 12.2. The Labute approximate surface area is 212 Å². The lowest BCUT2D eigenvalue weighted by Gasteiger charge is -2.22. The number of nitrogens with one attached hydrogen (secondary N) is 2. The maximum atomic E-state index is 13.5. The highest BCUT2D eigenvalue weighted by Crippen LogP contribution is 2.28. The molecule has 1 atom stereocenters. The van der Waals surface area contributed by atoms with E-state index >= 15 is 0 Å². The van der Waals surface area contributed by atoms with Gasteiger partial charge in [0, 0.05) is 10.7 Å². The Hall–Kier alpha value is -2.87. The summed E-state index contributed by atoms with van der Waals surface area (Å²) >= 11 is 6.10. The van der Waals surface area contributed by atoms with Gasteiger partial charge in [0.1, 0.15) is 16.7 Å². The van der Waals surface area contributed by atoms with Crippen LogP contribution in [0.2, 0.25) is 5.02 Å². The Morgan fingerprint density at radius 2 is 1.60 bits per heavy atom. The van der Waals surface area contributed by atoms with Crippen LogP contribution in [-0.4, -0.2) is 27.0 Å². The van der Waals surface area contributed by atoms with Crippen molar-refractivity contribution in [2.45, 2.75) is 51.0 Å². The molecular weight excluding hydrogens is 484 g/mol. The van der Waals surface area contributed by atoms with Crippen molar-refractivity contribution in [3.8, 4) is 5.75 Å². The predicted molar refractivity (Wildman–Crippen MR) is 141 cm³/mol. The summed E-state index contributed by atoms with van der Waals surface area (Å²) in [5.41, 5.74) is 3.54. The molecule has 3 aromatic rings. The molecule has 6 nitrogen and oxygen atoms in total. The number of carbonyl (C=O) groups excluding carboxylic acids is 1. The molecule has 1 amide bonds. The molecule has 0 fully saturated rings. The molecule has 0 saturated carbocycles. The maximum Gasteiger partial charge on any atom is 0.245 e. The summed E-state index contributed by atoms with van der Waals surface area (Å²) in [7, 11) is -4.14. The summed E-state index contributed by atoms with van der Waals surface area (Å²) in [6.45, 7) is 6.08. The van der Waals surface area contributed by atoms with Gasteiger partial charge in [-0.3, -0.25) is 4.79 Å². The van der Waals surface area contributed by atoms with Crippen molar-refractivity contribution >= 4 is 33.2 Å². The molecule has 3 rings (SSSR count). The molecule has 8 heteroatoms. The van der Waals surface area contributed by atoms with Crippen LogP contribution in [-0.2, 0) is 34.1 Å². The van der Waals surface area contributed by atoms with Crippen molar-refractivity contribution < 1.29 is 17.9 Å².